The molecule has 20 heavy (non-hydrogen) atoms. The van der Waals surface area contributed by atoms with Crippen LogP contribution in [0.3, 0.4) is 0 Å². The summed E-state index contributed by atoms with van der Waals surface area (Å²) >= 11 is 0. The maximum absolute atomic E-state index is 10.8. The quantitative estimate of drug-likeness (QED) is 0.412. The normalized spacial score (nSPS) is 10.6. The maximum Gasteiger partial charge on any atom is 0.243 e. The number of rotatable bonds is 9. The van der Waals surface area contributed by atoms with Gasteiger partial charge in [0.05, 0.1) is 6.61 Å². The molecule has 0 aromatic heterocycles. The van der Waals surface area contributed by atoms with Gasteiger partial charge in [-0.2, -0.15) is 0 Å². The number of hydrogen-bond acceptors (Lipinski definition) is 3. The van der Waals surface area contributed by atoms with E-state index in [4.69, 9.17) is 9.94 Å². The van der Waals surface area contributed by atoms with E-state index in [0.717, 1.165) is 31.4 Å². The summed E-state index contributed by atoms with van der Waals surface area (Å²) in [5, 5.41) is 8.35. The Kier molecular flexibility index (Phi) is 7.73. The molecule has 0 fully saturated rings. The first-order chi connectivity index (χ1) is 9.65. The van der Waals surface area contributed by atoms with Crippen LogP contribution in [-0.4, -0.2) is 17.7 Å². The van der Waals surface area contributed by atoms with E-state index in [1.54, 1.807) is 5.48 Å². The summed E-state index contributed by atoms with van der Waals surface area (Å²) in [5.74, 6) is 1.12. The average molecular weight is 279 g/mol. The summed E-state index contributed by atoms with van der Waals surface area (Å²) in [6.07, 6.45) is 4.17. The van der Waals surface area contributed by atoms with Gasteiger partial charge in [-0.1, -0.05) is 44.9 Å². The molecule has 1 aromatic carbocycles. The number of hydroxylamine groups is 1. The average Bonchev–Trinajstić information content (AvgIpc) is 2.46. The molecule has 0 atom stereocenters. The smallest absolute Gasteiger partial charge is 0.243 e. The molecule has 0 aliphatic heterocycles. The zero-order chi connectivity index (χ0) is 14.8. The van der Waals surface area contributed by atoms with Crippen molar-refractivity contribution in [2.75, 3.05) is 6.61 Å². The van der Waals surface area contributed by atoms with Gasteiger partial charge in [-0.3, -0.25) is 10.0 Å². The summed E-state index contributed by atoms with van der Waals surface area (Å²) in [7, 11) is 0. The summed E-state index contributed by atoms with van der Waals surface area (Å²) in [5.41, 5.74) is 2.88. The molecule has 0 radical (unpaired) electrons. The molecule has 112 valence electrons. The molecule has 0 aliphatic rings. The Morgan fingerprint density at radius 1 is 1.20 bits per heavy atom. The van der Waals surface area contributed by atoms with Crippen molar-refractivity contribution in [3.63, 3.8) is 0 Å². The van der Waals surface area contributed by atoms with Crippen LogP contribution < -0.4 is 10.2 Å². The van der Waals surface area contributed by atoms with Crippen LogP contribution in [-0.2, 0) is 4.79 Å². The SMILES string of the molecule is CC(C)c1ccccc1OCCCCCCC(=O)NO. The van der Waals surface area contributed by atoms with Crippen molar-refractivity contribution in [3.8, 4) is 5.75 Å². The Balaban J connectivity index is 2.17. The maximum atomic E-state index is 10.8. The second-order valence-electron chi connectivity index (χ2n) is 5.24. The van der Waals surface area contributed by atoms with Gasteiger partial charge < -0.3 is 4.74 Å². The number of amides is 1. The number of nitrogens with one attached hydrogen (secondary N) is 1. The molecule has 2 N–H and O–H groups in total. The predicted octanol–water partition coefficient (Wildman–Crippen LogP) is 3.64. The molecule has 1 aromatic rings. The highest BCUT2D eigenvalue weighted by Gasteiger charge is 2.06. The van der Waals surface area contributed by atoms with Crippen molar-refractivity contribution in [2.45, 2.75) is 51.9 Å². The van der Waals surface area contributed by atoms with E-state index < -0.39 is 0 Å². The van der Waals surface area contributed by atoms with Gasteiger partial charge in [0.25, 0.3) is 0 Å². The van der Waals surface area contributed by atoms with Crippen LogP contribution in [0.4, 0.5) is 0 Å². The van der Waals surface area contributed by atoms with Crippen LogP contribution in [0.25, 0.3) is 0 Å². The molecule has 0 heterocycles. The molecule has 0 saturated carbocycles. The van der Waals surface area contributed by atoms with E-state index in [2.05, 4.69) is 19.9 Å². The Hall–Kier alpha value is -1.55. The number of carbonyl (C=O) groups is 1. The van der Waals surface area contributed by atoms with E-state index in [9.17, 15) is 4.79 Å². The minimum atomic E-state index is -0.313. The van der Waals surface area contributed by atoms with Crippen LogP contribution in [0.2, 0.25) is 0 Å². The van der Waals surface area contributed by atoms with Crippen molar-refractivity contribution in [1.82, 2.24) is 5.48 Å². The summed E-state index contributed by atoms with van der Waals surface area (Å²) in [4.78, 5) is 10.8. The summed E-state index contributed by atoms with van der Waals surface area (Å²) in [6, 6.07) is 8.15. The molecule has 4 nitrogen and oxygen atoms in total. The van der Waals surface area contributed by atoms with E-state index in [0.29, 0.717) is 18.9 Å². The second-order valence-corrected chi connectivity index (χ2v) is 5.24. The highest BCUT2D eigenvalue weighted by Crippen LogP contribution is 2.25. The number of ether oxygens (including phenoxy) is 1. The first-order valence-corrected chi connectivity index (χ1v) is 7.29. The summed E-state index contributed by atoms with van der Waals surface area (Å²) in [6.45, 7) is 5.03. The first kappa shape index (κ1) is 16.5. The number of carbonyl (C=O) groups excluding carboxylic acids is 1. The van der Waals surface area contributed by atoms with Crippen LogP contribution >= 0.6 is 0 Å². The monoisotopic (exact) mass is 279 g/mol. The number of benzene rings is 1. The van der Waals surface area contributed by atoms with Crippen LogP contribution in [0.5, 0.6) is 5.75 Å². The third-order valence-electron chi connectivity index (χ3n) is 3.22. The lowest BCUT2D eigenvalue weighted by molar-refractivity contribution is -0.129. The zero-order valence-corrected chi connectivity index (χ0v) is 12.4. The van der Waals surface area contributed by atoms with Gasteiger partial charge >= 0.3 is 0 Å². The highest BCUT2D eigenvalue weighted by molar-refractivity contribution is 5.74. The van der Waals surface area contributed by atoms with Gasteiger partial charge in [-0.05, 0) is 30.4 Å². The lowest BCUT2D eigenvalue weighted by atomic mass is 10.0. The fourth-order valence-corrected chi connectivity index (χ4v) is 2.07. The number of unbranched alkanes of at least 4 members (excludes halogenated alkanes) is 3. The first-order valence-electron chi connectivity index (χ1n) is 7.29. The number of hydrogen-bond donors (Lipinski definition) is 2. The molecule has 1 amide bonds. The third kappa shape index (κ3) is 6.06. The van der Waals surface area contributed by atoms with Crippen molar-refractivity contribution < 1.29 is 14.7 Å². The summed E-state index contributed by atoms with van der Waals surface area (Å²) < 4.78 is 5.83. The van der Waals surface area contributed by atoms with Gasteiger partial charge in [-0.15, -0.1) is 0 Å². The second kappa shape index (κ2) is 9.37. The fraction of sp³-hybridized carbons (Fsp3) is 0.562. The molecule has 0 aliphatic carbocycles. The van der Waals surface area contributed by atoms with Crippen molar-refractivity contribution in [3.05, 3.63) is 29.8 Å². The third-order valence-corrected chi connectivity index (χ3v) is 3.22. The van der Waals surface area contributed by atoms with Gasteiger partial charge in [0.2, 0.25) is 5.91 Å². The van der Waals surface area contributed by atoms with Crippen LogP contribution in [0.1, 0.15) is 57.4 Å². The molecular formula is C16H25NO3. The number of para-hydroxylation sites is 1. The van der Waals surface area contributed by atoms with Gasteiger partial charge in [0, 0.05) is 6.42 Å². The lowest BCUT2D eigenvalue weighted by Crippen LogP contribution is -2.17. The van der Waals surface area contributed by atoms with E-state index in [-0.39, 0.29) is 5.91 Å². The highest BCUT2D eigenvalue weighted by atomic mass is 16.5. The van der Waals surface area contributed by atoms with Crippen LogP contribution in [0.15, 0.2) is 24.3 Å². The predicted molar refractivity (Wildman–Crippen MR) is 79.0 cm³/mol. The van der Waals surface area contributed by atoms with Crippen molar-refractivity contribution >= 4 is 5.91 Å². The zero-order valence-electron chi connectivity index (χ0n) is 12.4. The fourth-order valence-electron chi connectivity index (χ4n) is 2.07. The van der Waals surface area contributed by atoms with Crippen molar-refractivity contribution in [1.29, 1.82) is 0 Å². The van der Waals surface area contributed by atoms with E-state index >= 15 is 0 Å². The molecule has 1 rings (SSSR count). The van der Waals surface area contributed by atoms with Gasteiger partial charge in [-0.25, -0.2) is 5.48 Å². The molecule has 4 heteroatoms. The van der Waals surface area contributed by atoms with E-state index in [1.807, 2.05) is 18.2 Å². The minimum absolute atomic E-state index is 0.313. The Bertz CT molecular complexity index is 404. The van der Waals surface area contributed by atoms with Crippen molar-refractivity contribution in [2.24, 2.45) is 0 Å². The molecule has 0 spiro atoms. The van der Waals surface area contributed by atoms with Crippen LogP contribution in [0, 0.1) is 0 Å². The lowest BCUT2D eigenvalue weighted by Gasteiger charge is -2.13. The van der Waals surface area contributed by atoms with E-state index in [1.165, 1.54) is 5.56 Å². The Morgan fingerprint density at radius 2 is 1.90 bits per heavy atom. The molecule has 0 saturated heterocycles. The standard InChI is InChI=1S/C16H25NO3/c1-13(2)14-9-6-7-10-15(14)20-12-8-4-3-5-11-16(18)17-19/h6-7,9-10,13,19H,3-5,8,11-12H2,1-2H3,(H,17,18). The Morgan fingerprint density at radius 3 is 2.60 bits per heavy atom. The van der Waals surface area contributed by atoms with Gasteiger partial charge in [0.15, 0.2) is 0 Å². The topological polar surface area (TPSA) is 58.6 Å². The molecule has 0 bridgehead atoms. The molecular weight excluding hydrogens is 254 g/mol. The largest absolute Gasteiger partial charge is 0.493 e. The minimum Gasteiger partial charge on any atom is -0.493 e. The molecule has 0 unspecified atom stereocenters. The van der Waals surface area contributed by atoms with Gasteiger partial charge in [0.1, 0.15) is 5.75 Å². The Labute approximate surface area is 121 Å².